The average Bonchev–Trinajstić information content (AvgIpc) is 2.97. The van der Waals surface area contributed by atoms with Crippen LogP contribution in [-0.4, -0.2) is 16.3 Å². The Labute approximate surface area is 170 Å². The van der Waals surface area contributed by atoms with E-state index in [1.165, 1.54) is 17.3 Å². The first kappa shape index (κ1) is 19.9. The third-order valence-corrected chi connectivity index (χ3v) is 5.44. The maximum atomic E-state index is 13.1. The van der Waals surface area contributed by atoms with E-state index in [-0.39, 0.29) is 11.2 Å². The van der Waals surface area contributed by atoms with Crippen LogP contribution in [0.25, 0.3) is 6.08 Å². The van der Waals surface area contributed by atoms with Crippen LogP contribution in [0.2, 0.25) is 0 Å². The maximum Gasteiger partial charge on any atom is 0.283 e. The van der Waals surface area contributed by atoms with Gasteiger partial charge in [0, 0.05) is 0 Å². The van der Waals surface area contributed by atoms with Gasteiger partial charge in [0.1, 0.15) is 5.70 Å². The second-order valence-corrected chi connectivity index (χ2v) is 8.42. The quantitative estimate of drug-likeness (QED) is 0.648. The summed E-state index contributed by atoms with van der Waals surface area (Å²) in [6.45, 7) is 8.11. The van der Waals surface area contributed by atoms with Gasteiger partial charge in [-0.3, -0.25) is 9.69 Å². The molecule has 1 atom stereocenters. The van der Waals surface area contributed by atoms with Crippen molar-refractivity contribution in [2.75, 3.05) is 4.90 Å². The average molecular weight is 390 g/mol. The molecule has 0 aromatic heterocycles. The van der Waals surface area contributed by atoms with Crippen LogP contribution in [0.3, 0.4) is 0 Å². The van der Waals surface area contributed by atoms with Gasteiger partial charge in [0.15, 0.2) is 5.17 Å². The summed E-state index contributed by atoms with van der Waals surface area (Å²) < 4.78 is 0. The molecule has 1 aliphatic rings. The van der Waals surface area contributed by atoms with E-state index in [0.29, 0.717) is 16.8 Å². The van der Waals surface area contributed by atoms with Crippen molar-refractivity contribution in [2.45, 2.75) is 38.9 Å². The van der Waals surface area contributed by atoms with Crippen molar-refractivity contribution in [3.63, 3.8) is 0 Å². The van der Waals surface area contributed by atoms with Crippen molar-refractivity contribution in [3.8, 4) is 6.07 Å². The third kappa shape index (κ3) is 4.35. The lowest BCUT2D eigenvalue weighted by molar-refractivity contribution is -0.113. The molecule has 1 amide bonds. The molecule has 0 radical (unpaired) electrons. The normalized spacial score (nSPS) is 16.4. The Morgan fingerprint density at radius 2 is 1.71 bits per heavy atom. The molecular weight excluding hydrogens is 366 g/mol. The number of aliphatic imine (C=N–C) groups is 1. The number of aryl methyl sites for hydroxylation is 1. The summed E-state index contributed by atoms with van der Waals surface area (Å²) in [4.78, 5) is 19.2. The Balaban J connectivity index is 1.96. The van der Waals surface area contributed by atoms with E-state index < -0.39 is 0 Å². The molecule has 4 nitrogen and oxygen atoms in total. The maximum absolute atomic E-state index is 13.1. The molecule has 0 spiro atoms. The van der Waals surface area contributed by atoms with Crippen molar-refractivity contribution >= 4 is 34.6 Å². The highest BCUT2D eigenvalue weighted by atomic mass is 32.2. The molecule has 3 rings (SSSR count). The highest BCUT2D eigenvalue weighted by molar-refractivity contribution is 8.15. The number of anilines is 1. The number of nitrogens with zero attached hydrogens (tertiary/aromatic N) is 3. The van der Waals surface area contributed by atoms with Crippen LogP contribution in [0.5, 0.6) is 0 Å². The van der Waals surface area contributed by atoms with Gasteiger partial charge in [0.25, 0.3) is 5.91 Å². The topological polar surface area (TPSA) is 56.5 Å². The van der Waals surface area contributed by atoms with Crippen molar-refractivity contribution in [2.24, 2.45) is 4.99 Å². The molecule has 0 unspecified atom stereocenters. The molecular formula is C23H23N3OS. The highest BCUT2D eigenvalue weighted by Crippen LogP contribution is 2.31. The molecule has 2 aromatic rings. The first-order valence-electron chi connectivity index (χ1n) is 9.27. The summed E-state index contributed by atoms with van der Waals surface area (Å²) in [6, 6.07) is 18.1. The van der Waals surface area contributed by atoms with Crippen molar-refractivity contribution in [1.29, 1.82) is 5.26 Å². The molecule has 1 aliphatic heterocycles. The van der Waals surface area contributed by atoms with E-state index in [1.807, 2.05) is 43.3 Å². The van der Waals surface area contributed by atoms with Gasteiger partial charge in [-0.05, 0) is 49.1 Å². The van der Waals surface area contributed by atoms with E-state index in [9.17, 15) is 10.1 Å². The molecule has 0 saturated heterocycles. The predicted molar refractivity (Wildman–Crippen MR) is 117 cm³/mol. The second kappa shape index (κ2) is 8.45. The summed E-state index contributed by atoms with van der Waals surface area (Å²) in [7, 11) is 0. The van der Waals surface area contributed by atoms with E-state index in [4.69, 9.17) is 0 Å². The molecule has 2 aromatic carbocycles. The van der Waals surface area contributed by atoms with Crippen molar-refractivity contribution < 1.29 is 4.79 Å². The minimum Gasteiger partial charge on any atom is -0.266 e. The Morgan fingerprint density at radius 1 is 1.07 bits per heavy atom. The number of hydrogen-bond acceptors (Lipinski definition) is 4. The van der Waals surface area contributed by atoms with Gasteiger partial charge in [0.05, 0.1) is 17.0 Å². The lowest BCUT2D eigenvalue weighted by atomic mass is 10.0. The van der Waals surface area contributed by atoms with E-state index >= 15 is 0 Å². The Morgan fingerprint density at radius 3 is 2.29 bits per heavy atom. The van der Waals surface area contributed by atoms with Crippen molar-refractivity contribution in [3.05, 3.63) is 70.9 Å². The van der Waals surface area contributed by atoms with Gasteiger partial charge in [-0.25, -0.2) is 4.99 Å². The number of amidine groups is 1. The molecule has 28 heavy (non-hydrogen) atoms. The molecule has 1 heterocycles. The fourth-order valence-electron chi connectivity index (χ4n) is 2.82. The summed E-state index contributed by atoms with van der Waals surface area (Å²) in [5.41, 5.74) is 4.44. The molecule has 0 aliphatic carbocycles. The number of carbonyl (C=O) groups is 1. The van der Waals surface area contributed by atoms with Crippen molar-refractivity contribution in [1.82, 2.24) is 0 Å². The van der Waals surface area contributed by atoms with Crippen LogP contribution >= 0.6 is 11.8 Å². The number of benzene rings is 2. The number of thioether (sulfide) groups is 1. The van der Waals surface area contributed by atoms with Gasteiger partial charge in [-0.2, -0.15) is 5.26 Å². The zero-order valence-electron chi connectivity index (χ0n) is 16.5. The fraction of sp³-hybridized carbons (Fsp3) is 0.261. The van der Waals surface area contributed by atoms with Gasteiger partial charge in [0.2, 0.25) is 0 Å². The highest BCUT2D eigenvalue weighted by Gasteiger charge is 2.32. The molecule has 0 N–H and O–H groups in total. The molecule has 0 fully saturated rings. The van der Waals surface area contributed by atoms with Crippen LogP contribution in [0.1, 0.15) is 43.4 Å². The smallest absolute Gasteiger partial charge is 0.266 e. The first-order valence-corrected chi connectivity index (χ1v) is 10.1. The van der Waals surface area contributed by atoms with Crippen LogP contribution in [0.15, 0.2) is 59.2 Å². The summed E-state index contributed by atoms with van der Waals surface area (Å²) in [5.74, 6) is 0.282. The number of amides is 1. The van der Waals surface area contributed by atoms with E-state index in [2.05, 4.69) is 37.0 Å². The third-order valence-electron chi connectivity index (χ3n) is 4.49. The van der Waals surface area contributed by atoms with Crippen LogP contribution in [0, 0.1) is 18.3 Å². The van der Waals surface area contributed by atoms with Gasteiger partial charge in [-0.1, -0.05) is 67.6 Å². The molecule has 0 bridgehead atoms. The number of nitriles is 1. The minimum atomic E-state index is -0.302. The molecule has 0 saturated carbocycles. The second-order valence-electron chi connectivity index (χ2n) is 7.11. The van der Waals surface area contributed by atoms with Gasteiger partial charge < -0.3 is 0 Å². The largest absolute Gasteiger partial charge is 0.283 e. The van der Waals surface area contributed by atoms with Gasteiger partial charge in [-0.15, -0.1) is 0 Å². The van der Waals surface area contributed by atoms with Gasteiger partial charge >= 0.3 is 0 Å². The predicted octanol–water partition coefficient (Wildman–Crippen LogP) is 5.51. The Bertz CT molecular complexity index is 966. The monoisotopic (exact) mass is 389 g/mol. The number of carbonyl (C=O) groups excluding carboxylic acids is 1. The Kier molecular flexibility index (Phi) is 6.01. The summed E-state index contributed by atoms with van der Waals surface area (Å²) in [6.07, 6.45) is 1.80. The Hall–Kier alpha value is -2.84. The lowest BCUT2D eigenvalue weighted by Gasteiger charge is -2.18. The van der Waals surface area contributed by atoms with Crippen LogP contribution in [-0.2, 0) is 4.79 Å². The SMILES string of the molecule is Cc1ccc(N2C(=O)/C(=C/c3ccc(C(C)C)cc3)N=C2S[C@H](C)C#N)cc1. The molecule has 142 valence electrons. The zero-order chi connectivity index (χ0) is 20.3. The van der Waals surface area contributed by atoms with E-state index in [1.54, 1.807) is 17.9 Å². The van der Waals surface area contributed by atoms with E-state index in [0.717, 1.165) is 16.8 Å². The molecule has 5 heteroatoms. The fourth-order valence-corrected chi connectivity index (χ4v) is 3.63. The summed E-state index contributed by atoms with van der Waals surface area (Å²) in [5, 5.41) is 9.42. The standard InChI is InChI=1S/C23H23N3OS/c1-15(2)19-9-7-18(8-10-19)13-21-22(27)26(20-11-5-16(3)6-12-20)23(25-21)28-17(4)14-24/h5-13,15,17H,1-4H3/b21-13-/t17-/m1/s1. The summed E-state index contributed by atoms with van der Waals surface area (Å²) >= 11 is 1.29. The minimum absolute atomic E-state index is 0.176. The van der Waals surface area contributed by atoms with Crippen LogP contribution in [0.4, 0.5) is 5.69 Å². The number of hydrogen-bond donors (Lipinski definition) is 0. The zero-order valence-corrected chi connectivity index (χ0v) is 17.3. The van der Waals surface area contributed by atoms with Crippen LogP contribution < -0.4 is 4.90 Å². The number of rotatable bonds is 4. The lowest BCUT2D eigenvalue weighted by Crippen LogP contribution is -2.31. The first-order chi connectivity index (χ1) is 13.4.